The highest BCUT2D eigenvalue weighted by Gasteiger charge is 2.49. The van der Waals surface area contributed by atoms with Crippen molar-refractivity contribution in [2.75, 3.05) is 0 Å². The number of carbonyl (C=O) groups excluding carboxylic acids is 1. The van der Waals surface area contributed by atoms with Gasteiger partial charge in [-0.2, -0.15) is 0 Å². The highest BCUT2D eigenvalue weighted by molar-refractivity contribution is 5.77. The van der Waals surface area contributed by atoms with Gasteiger partial charge in [-0.05, 0) is 35.1 Å². The summed E-state index contributed by atoms with van der Waals surface area (Å²) in [6.45, 7) is 0. The largest absolute Gasteiger partial charge is 0.298 e. The number of hydrogen-bond acceptors (Lipinski definition) is 3. The molecule has 0 fully saturated rings. The highest BCUT2D eigenvalue weighted by Crippen LogP contribution is 2.47. The maximum atomic E-state index is 14.9. The lowest BCUT2D eigenvalue weighted by atomic mass is 9.65. The van der Waals surface area contributed by atoms with Crippen LogP contribution in [0.1, 0.15) is 28.5 Å². The van der Waals surface area contributed by atoms with Crippen molar-refractivity contribution in [1.29, 1.82) is 0 Å². The molecular weight excluding hydrogens is 393 g/mol. The van der Waals surface area contributed by atoms with Gasteiger partial charge in [-0.3, -0.25) is 14.9 Å². The number of rotatable bonds is 6. The van der Waals surface area contributed by atoms with Crippen LogP contribution < -0.4 is 0 Å². The van der Waals surface area contributed by atoms with Crippen LogP contribution in [0, 0.1) is 21.8 Å². The third-order valence-corrected chi connectivity index (χ3v) is 6.05. The topological polar surface area (TPSA) is 60.2 Å². The molecule has 0 spiro atoms. The van der Waals surface area contributed by atoms with Gasteiger partial charge in [0.2, 0.25) is 6.04 Å². The van der Waals surface area contributed by atoms with E-state index in [4.69, 9.17) is 0 Å². The minimum Gasteiger partial charge on any atom is -0.298 e. The van der Waals surface area contributed by atoms with Crippen LogP contribution in [0.2, 0.25) is 0 Å². The summed E-state index contributed by atoms with van der Waals surface area (Å²) in [6.07, 6.45) is 3.00. The molecule has 0 aromatic heterocycles. The summed E-state index contributed by atoms with van der Waals surface area (Å²) in [7, 11) is 0. The Labute approximate surface area is 180 Å². The number of aldehydes is 1. The Bertz CT molecular complexity index is 1100. The minimum atomic E-state index is -1.17. The first-order valence-corrected chi connectivity index (χ1v) is 10.2. The van der Waals surface area contributed by atoms with Gasteiger partial charge in [0.05, 0.1) is 11.8 Å². The molecule has 4 rings (SSSR count). The maximum absolute atomic E-state index is 14.9. The van der Waals surface area contributed by atoms with E-state index in [0.29, 0.717) is 29.4 Å². The lowest BCUT2D eigenvalue weighted by Gasteiger charge is -2.37. The number of hydrogen-bond donors (Lipinski definition) is 0. The molecule has 0 N–H and O–H groups in total. The van der Waals surface area contributed by atoms with Gasteiger partial charge in [-0.15, -0.1) is 0 Å². The lowest BCUT2D eigenvalue weighted by molar-refractivity contribution is -0.531. The molecule has 1 aliphatic carbocycles. The second-order valence-corrected chi connectivity index (χ2v) is 7.85. The quantitative estimate of drug-likeness (QED) is 0.310. The van der Waals surface area contributed by atoms with E-state index in [-0.39, 0.29) is 4.92 Å². The summed E-state index contributed by atoms with van der Waals surface area (Å²) in [4.78, 5) is 24.1. The van der Waals surface area contributed by atoms with Crippen molar-refractivity contribution in [3.8, 4) is 0 Å². The van der Waals surface area contributed by atoms with E-state index in [2.05, 4.69) is 0 Å². The average Bonchev–Trinajstić information content (AvgIpc) is 2.80. The summed E-state index contributed by atoms with van der Waals surface area (Å²) >= 11 is 0. The number of benzene rings is 3. The highest BCUT2D eigenvalue weighted by atomic mass is 19.1. The molecule has 156 valence electrons. The van der Waals surface area contributed by atoms with Crippen LogP contribution in [0.15, 0.2) is 96.6 Å². The van der Waals surface area contributed by atoms with E-state index in [0.717, 1.165) is 5.56 Å². The molecule has 31 heavy (non-hydrogen) atoms. The zero-order valence-corrected chi connectivity index (χ0v) is 16.8. The zero-order chi connectivity index (χ0) is 21.8. The van der Waals surface area contributed by atoms with Gasteiger partial charge in [0.15, 0.2) is 0 Å². The fourth-order valence-corrected chi connectivity index (χ4v) is 4.76. The first-order valence-electron chi connectivity index (χ1n) is 10.2. The van der Waals surface area contributed by atoms with E-state index in [1.807, 2.05) is 42.5 Å². The van der Waals surface area contributed by atoms with Crippen LogP contribution in [0.3, 0.4) is 0 Å². The third kappa shape index (κ3) is 4.17. The van der Waals surface area contributed by atoms with Gasteiger partial charge < -0.3 is 0 Å². The Morgan fingerprint density at radius 2 is 1.52 bits per heavy atom. The summed E-state index contributed by atoms with van der Waals surface area (Å²) < 4.78 is 14.9. The number of carbonyl (C=O) groups is 1. The van der Waals surface area contributed by atoms with Crippen molar-refractivity contribution in [2.45, 2.75) is 24.3 Å². The summed E-state index contributed by atoms with van der Waals surface area (Å²) in [5, 5.41) is 12.4. The molecule has 0 heterocycles. The van der Waals surface area contributed by atoms with E-state index < -0.39 is 29.6 Å². The van der Waals surface area contributed by atoms with Crippen LogP contribution in [0.25, 0.3) is 0 Å². The number of allylic oxidation sites excluding steroid dienone is 1. The molecule has 4 atom stereocenters. The van der Waals surface area contributed by atoms with Crippen molar-refractivity contribution in [2.24, 2.45) is 5.92 Å². The molecule has 1 aliphatic rings. The van der Waals surface area contributed by atoms with E-state index >= 15 is 0 Å². The van der Waals surface area contributed by atoms with Crippen LogP contribution in [-0.4, -0.2) is 17.3 Å². The van der Waals surface area contributed by atoms with Gasteiger partial charge in [0.1, 0.15) is 12.1 Å². The van der Waals surface area contributed by atoms with Crippen molar-refractivity contribution in [3.05, 3.63) is 129 Å². The van der Waals surface area contributed by atoms with E-state index in [9.17, 15) is 19.3 Å². The van der Waals surface area contributed by atoms with Gasteiger partial charge in [-0.25, -0.2) is 4.39 Å². The van der Waals surface area contributed by atoms with Crippen molar-refractivity contribution in [1.82, 2.24) is 0 Å². The van der Waals surface area contributed by atoms with Gasteiger partial charge >= 0.3 is 0 Å². The Morgan fingerprint density at radius 1 is 0.903 bits per heavy atom. The monoisotopic (exact) mass is 415 g/mol. The molecule has 0 unspecified atom stereocenters. The van der Waals surface area contributed by atoms with Crippen molar-refractivity contribution in [3.63, 3.8) is 0 Å². The molecule has 5 heteroatoms. The maximum Gasteiger partial charge on any atom is 0.231 e. The average molecular weight is 415 g/mol. The number of halogens is 1. The Hall–Kier alpha value is -3.60. The van der Waals surface area contributed by atoms with E-state index in [1.54, 1.807) is 42.5 Å². The Kier molecular flexibility index (Phi) is 6.03. The predicted octanol–water partition coefficient (Wildman–Crippen LogP) is 5.34. The number of nitrogens with zero attached hydrogens (tertiary/aromatic N) is 1. The van der Waals surface area contributed by atoms with Crippen LogP contribution in [0.4, 0.5) is 4.39 Å². The Balaban J connectivity index is 1.91. The molecule has 3 aromatic carbocycles. The van der Waals surface area contributed by atoms with Crippen LogP contribution in [0.5, 0.6) is 0 Å². The van der Waals surface area contributed by atoms with Gasteiger partial charge in [0, 0.05) is 10.5 Å². The van der Waals surface area contributed by atoms with E-state index in [1.165, 1.54) is 6.07 Å². The van der Waals surface area contributed by atoms with Gasteiger partial charge in [-0.1, -0.05) is 84.9 Å². The molecule has 0 aliphatic heterocycles. The first-order chi connectivity index (χ1) is 15.1. The van der Waals surface area contributed by atoms with Crippen LogP contribution in [-0.2, 0) is 11.2 Å². The van der Waals surface area contributed by atoms with Crippen LogP contribution >= 0.6 is 0 Å². The fraction of sp³-hybridized carbons (Fsp3) is 0.192. The molecule has 0 saturated carbocycles. The second kappa shape index (κ2) is 9.04. The lowest BCUT2D eigenvalue weighted by Crippen LogP contribution is -2.42. The summed E-state index contributed by atoms with van der Waals surface area (Å²) in [6, 6.07) is 23.6. The standard InChI is InChI=1S/C26H22FNO3/c27-23-14-8-7-13-22(23)25-20(15-18-9-3-1-4-10-18)16-21(17-29)24(26(25)28(30)31)19-11-5-2-6-12-19/h1-14,16-17,20,24-26H,15H2/t20-,24+,25-,26-/m0/s1. The predicted molar refractivity (Wildman–Crippen MR) is 117 cm³/mol. The van der Waals surface area contributed by atoms with Crippen molar-refractivity contribution < 1.29 is 14.1 Å². The molecule has 3 aromatic rings. The zero-order valence-electron chi connectivity index (χ0n) is 16.8. The first kappa shape index (κ1) is 20.7. The third-order valence-electron chi connectivity index (χ3n) is 6.05. The molecule has 0 radical (unpaired) electrons. The fourth-order valence-electron chi connectivity index (χ4n) is 4.76. The molecule has 0 amide bonds. The molecular formula is C26H22FNO3. The minimum absolute atomic E-state index is 0.312. The molecule has 0 bridgehead atoms. The summed E-state index contributed by atoms with van der Waals surface area (Å²) in [5.41, 5.74) is 2.35. The molecule has 4 nitrogen and oxygen atoms in total. The smallest absolute Gasteiger partial charge is 0.231 e. The summed E-state index contributed by atoms with van der Waals surface area (Å²) in [5.74, 6) is -2.32. The van der Waals surface area contributed by atoms with Gasteiger partial charge in [0.25, 0.3) is 0 Å². The second-order valence-electron chi connectivity index (χ2n) is 7.85. The Morgan fingerprint density at radius 3 is 2.13 bits per heavy atom. The van der Waals surface area contributed by atoms with Crippen molar-refractivity contribution >= 4 is 6.29 Å². The SMILES string of the molecule is O=CC1=C[C@H](Cc2ccccc2)[C@@H](c2ccccc2F)[C@@H]([N+](=O)[O-])[C@@H]1c1ccccc1. The molecule has 0 saturated heterocycles. The normalized spacial score (nSPS) is 23.1. The number of nitro groups is 1.